The van der Waals surface area contributed by atoms with E-state index in [1.165, 1.54) is 12.1 Å². The van der Waals surface area contributed by atoms with Gasteiger partial charge in [-0.25, -0.2) is 8.42 Å². The highest BCUT2D eigenvalue weighted by Gasteiger charge is 2.06. The van der Waals surface area contributed by atoms with Crippen molar-refractivity contribution in [3.8, 4) is 0 Å². The van der Waals surface area contributed by atoms with Crippen LogP contribution in [0.3, 0.4) is 0 Å². The van der Waals surface area contributed by atoms with Crippen LogP contribution < -0.4 is 10.0 Å². The Labute approximate surface area is 114 Å². The van der Waals surface area contributed by atoms with E-state index in [2.05, 4.69) is 32.5 Å². The molecule has 0 atom stereocenters. The summed E-state index contributed by atoms with van der Waals surface area (Å²) in [5, 5.41) is 2.64. The van der Waals surface area contributed by atoms with Crippen LogP contribution in [0.5, 0.6) is 0 Å². The zero-order valence-electron chi connectivity index (χ0n) is 9.73. The summed E-state index contributed by atoms with van der Waals surface area (Å²) in [6.07, 6.45) is 1.06. The molecular formula is C11H13BrN2O3S. The highest BCUT2D eigenvalue weighted by molar-refractivity contribution is 9.11. The van der Waals surface area contributed by atoms with Crippen LogP contribution in [0.2, 0.25) is 0 Å². The maximum atomic E-state index is 11.6. The van der Waals surface area contributed by atoms with Gasteiger partial charge in [-0.15, -0.1) is 0 Å². The first kappa shape index (κ1) is 14.7. The maximum Gasteiger partial charge on any atom is 0.251 e. The van der Waals surface area contributed by atoms with Crippen LogP contribution in [0.4, 0.5) is 5.69 Å². The lowest BCUT2D eigenvalue weighted by Gasteiger charge is -2.06. The molecule has 2 N–H and O–H groups in total. The van der Waals surface area contributed by atoms with Gasteiger partial charge in [0.2, 0.25) is 10.0 Å². The fourth-order valence-electron chi connectivity index (χ4n) is 1.18. The van der Waals surface area contributed by atoms with E-state index in [1.807, 2.05) is 0 Å². The van der Waals surface area contributed by atoms with Crippen molar-refractivity contribution in [1.29, 1.82) is 0 Å². The van der Waals surface area contributed by atoms with Crippen LogP contribution in [0.1, 0.15) is 10.4 Å². The number of rotatable bonds is 5. The number of nitrogens with one attached hydrogen (secondary N) is 2. The number of halogens is 1. The van der Waals surface area contributed by atoms with E-state index in [9.17, 15) is 13.2 Å². The van der Waals surface area contributed by atoms with Crippen molar-refractivity contribution in [3.63, 3.8) is 0 Å². The molecule has 0 unspecified atom stereocenters. The topological polar surface area (TPSA) is 75.3 Å². The van der Waals surface area contributed by atoms with Gasteiger partial charge in [0.1, 0.15) is 0 Å². The number of sulfonamides is 1. The average molecular weight is 333 g/mol. The first-order valence-electron chi connectivity index (χ1n) is 4.97. The van der Waals surface area contributed by atoms with E-state index in [1.54, 1.807) is 12.1 Å². The van der Waals surface area contributed by atoms with Gasteiger partial charge in [0.25, 0.3) is 5.91 Å². The zero-order valence-corrected chi connectivity index (χ0v) is 12.1. The van der Waals surface area contributed by atoms with E-state index >= 15 is 0 Å². The molecular weight excluding hydrogens is 320 g/mol. The molecule has 0 saturated carbocycles. The lowest BCUT2D eigenvalue weighted by molar-refractivity contribution is 0.0958. The fraction of sp³-hybridized carbons (Fsp3) is 0.182. The molecule has 0 aliphatic heterocycles. The molecule has 98 valence electrons. The number of amides is 1. The van der Waals surface area contributed by atoms with Crippen LogP contribution in [-0.2, 0) is 10.0 Å². The van der Waals surface area contributed by atoms with Gasteiger partial charge < -0.3 is 5.32 Å². The highest BCUT2D eigenvalue weighted by Crippen LogP contribution is 2.11. The van der Waals surface area contributed by atoms with Gasteiger partial charge in [0.05, 0.1) is 6.26 Å². The van der Waals surface area contributed by atoms with E-state index in [0.717, 1.165) is 6.26 Å². The minimum Gasteiger partial charge on any atom is -0.347 e. The quantitative estimate of drug-likeness (QED) is 0.861. The molecule has 18 heavy (non-hydrogen) atoms. The molecule has 0 fully saturated rings. The standard InChI is InChI=1S/C11H13BrN2O3S/c1-8(12)7-13-11(15)9-3-5-10(6-4-9)14-18(2,16)17/h3-6,14H,1,7H2,2H3,(H,13,15). The van der Waals surface area contributed by atoms with Crippen molar-refractivity contribution in [2.45, 2.75) is 0 Å². The average Bonchev–Trinajstić information content (AvgIpc) is 2.24. The van der Waals surface area contributed by atoms with E-state index < -0.39 is 10.0 Å². The first-order valence-corrected chi connectivity index (χ1v) is 7.66. The minimum absolute atomic E-state index is 0.249. The second-order valence-electron chi connectivity index (χ2n) is 3.65. The van der Waals surface area contributed by atoms with Crippen LogP contribution in [0.15, 0.2) is 35.3 Å². The summed E-state index contributed by atoms with van der Waals surface area (Å²) in [5.41, 5.74) is 0.863. The molecule has 1 rings (SSSR count). The number of carbonyl (C=O) groups is 1. The van der Waals surface area contributed by atoms with Crippen molar-refractivity contribution in [3.05, 3.63) is 40.9 Å². The Morgan fingerprint density at radius 3 is 2.33 bits per heavy atom. The van der Waals surface area contributed by atoms with Crippen molar-refractivity contribution in [2.24, 2.45) is 0 Å². The lowest BCUT2D eigenvalue weighted by atomic mass is 10.2. The summed E-state index contributed by atoms with van der Waals surface area (Å²) in [4.78, 5) is 11.6. The third kappa shape index (κ3) is 5.33. The van der Waals surface area contributed by atoms with Crippen LogP contribution in [-0.4, -0.2) is 27.1 Å². The zero-order chi connectivity index (χ0) is 13.8. The summed E-state index contributed by atoms with van der Waals surface area (Å²) >= 11 is 3.13. The van der Waals surface area contributed by atoms with Gasteiger partial charge in [0.15, 0.2) is 0 Å². The second-order valence-corrected chi connectivity index (χ2v) is 6.52. The molecule has 0 aromatic heterocycles. The Morgan fingerprint density at radius 1 is 1.33 bits per heavy atom. The van der Waals surface area contributed by atoms with Gasteiger partial charge in [0, 0.05) is 22.3 Å². The molecule has 1 aromatic carbocycles. The molecule has 0 heterocycles. The number of hydrogen-bond donors (Lipinski definition) is 2. The minimum atomic E-state index is -3.30. The summed E-state index contributed by atoms with van der Waals surface area (Å²) in [6.45, 7) is 3.94. The number of benzene rings is 1. The largest absolute Gasteiger partial charge is 0.347 e. The molecule has 0 saturated heterocycles. The van der Waals surface area contributed by atoms with E-state index in [4.69, 9.17) is 0 Å². The van der Waals surface area contributed by atoms with Crippen LogP contribution >= 0.6 is 15.9 Å². The fourth-order valence-corrected chi connectivity index (χ4v) is 1.89. The van der Waals surface area contributed by atoms with Gasteiger partial charge >= 0.3 is 0 Å². The molecule has 1 aromatic rings. The Kier molecular flexibility index (Phi) is 4.92. The number of anilines is 1. The molecule has 0 radical (unpaired) electrons. The first-order chi connectivity index (χ1) is 8.28. The number of hydrogen-bond acceptors (Lipinski definition) is 3. The molecule has 0 aliphatic carbocycles. The molecule has 5 nitrogen and oxygen atoms in total. The monoisotopic (exact) mass is 332 g/mol. The molecule has 7 heteroatoms. The Balaban J connectivity index is 2.71. The summed E-state index contributed by atoms with van der Waals surface area (Å²) in [5.74, 6) is -0.249. The summed E-state index contributed by atoms with van der Waals surface area (Å²) < 4.78 is 25.0. The van der Waals surface area contributed by atoms with Crippen molar-refractivity contribution < 1.29 is 13.2 Å². The predicted molar refractivity (Wildman–Crippen MR) is 75.3 cm³/mol. The lowest BCUT2D eigenvalue weighted by Crippen LogP contribution is -2.24. The Morgan fingerprint density at radius 2 is 1.89 bits per heavy atom. The van der Waals surface area contributed by atoms with Crippen LogP contribution in [0.25, 0.3) is 0 Å². The number of carbonyl (C=O) groups excluding carboxylic acids is 1. The van der Waals surface area contributed by atoms with Crippen molar-refractivity contribution in [2.75, 3.05) is 17.5 Å². The third-order valence-electron chi connectivity index (χ3n) is 1.89. The summed E-state index contributed by atoms with van der Waals surface area (Å²) in [6, 6.07) is 6.14. The smallest absolute Gasteiger partial charge is 0.251 e. The van der Waals surface area contributed by atoms with E-state index in [0.29, 0.717) is 22.3 Å². The van der Waals surface area contributed by atoms with Crippen molar-refractivity contribution in [1.82, 2.24) is 5.32 Å². The van der Waals surface area contributed by atoms with Crippen LogP contribution in [0, 0.1) is 0 Å². The third-order valence-corrected chi connectivity index (χ3v) is 2.78. The highest BCUT2D eigenvalue weighted by atomic mass is 79.9. The Hall–Kier alpha value is -1.34. The second kappa shape index (κ2) is 6.01. The molecule has 0 aliphatic rings. The maximum absolute atomic E-state index is 11.6. The van der Waals surface area contributed by atoms with Gasteiger partial charge in [-0.3, -0.25) is 9.52 Å². The van der Waals surface area contributed by atoms with Gasteiger partial charge in [-0.1, -0.05) is 22.5 Å². The van der Waals surface area contributed by atoms with Gasteiger partial charge in [-0.2, -0.15) is 0 Å². The Bertz CT molecular complexity index is 552. The molecule has 1 amide bonds. The SMILES string of the molecule is C=C(Br)CNC(=O)c1ccc(NS(C)(=O)=O)cc1. The summed E-state index contributed by atoms with van der Waals surface area (Å²) in [7, 11) is -3.30. The molecule has 0 spiro atoms. The molecule has 0 bridgehead atoms. The normalized spacial score (nSPS) is 10.8. The van der Waals surface area contributed by atoms with Gasteiger partial charge in [-0.05, 0) is 24.3 Å². The predicted octanol–water partition coefficient (Wildman–Crippen LogP) is 1.70. The van der Waals surface area contributed by atoms with E-state index in [-0.39, 0.29) is 5.91 Å². The van der Waals surface area contributed by atoms with Crippen molar-refractivity contribution >= 4 is 37.5 Å².